The van der Waals surface area contributed by atoms with Crippen LogP contribution < -0.4 is 0 Å². The Morgan fingerprint density at radius 2 is 1.62 bits per heavy atom. The zero-order valence-corrected chi connectivity index (χ0v) is 20.2. The Balaban J connectivity index is 1.50. The van der Waals surface area contributed by atoms with Gasteiger partial charge in [0.05, 0.1) is 16.5 Å². The standard InChI is InChI=1S/C25H30N4O4S/c1-2-14-28(20-22-10-8-21(19-26)9-11-22)25(31)13-12-24(30)27-15-17-29(18-16-27)34(32,33)23-6-4-3-5-7-23/h3-11H,2,12-18,20H2,1H3. The lowest BCUT2D eigenvalue weighted by Crippen LogP contribution is -2.50. The maximum Gasteiger partial charge on any atom is 0.243 e. The molecular formula is C25H30N4O4S. The van der Waals surface area contributed by atoms with Gasteiger partial charge in [-0.15, -0.1) is 0 Å². The van der Waals surface area contributed by atoms with Gasteiger partial charge in [0.15, 0.2) is 0 Å². The van der Waals surface area contributed by atoms with Gasteiger partial charge in [0.2, 0.25) is 21.8 Å². The van der Waals surface area contributed by atoms with Gasteiger partial charge < -0.3 is 9.80 Å². The summed E-state index contributed by atoms with van der Waals surface area (Å²) in [5.74, 6) is -0.232. The van der Waals surface area contributed by atoms with Gasteiger partial charge in [-0.3, -0.25) is 9.59 Å². The average molecular weight is 483 g/mol. The summed E-state index contributed by atoms with van der Waals surface area (Å²) in [5.41, 5.74) is 1.50. The van der Waals surface area contributed by atoms with Crippen molar-refractivity contribution in [1.82, 2.24) is 14.1 Å². The summed E-state index contributed by atoms with van der Waals surface area (Å²) in [7, 11) is -3.57. The van der Waals surface area contributed by atoms with Gasteiger partial charge in [-0.25, -0.2) is 8.42 Å². The summed E-state index contributed by atoms with van der Waals surface area (Å²) in [6.45, 7) is 4.10. The quantitative estimate of drug-likeness (QED) is 0.547. The van der Waals surface area contributed by atoms with Gasteiger partial charge in [0.25, 0.3) is 0 Å². The van der Waals surface area contributed by atoms with Crippen LogP contribution in [0.3, 0.4) is 0 Å². The molecule has 0 radical (unpaired) electrons. The van der Waals surface area contributed by atoms with Gasteiger partial charge in [0.1, 0.15) is 0 Å². The predicted octanol–water partition coefficient (Wildman–Crippen LogP) is 2.61. The van der Waals surface area contributed by atoms with Crippen LogP contribution in [0.5, 0.6) is 0 Å². The molecule has 3 rings (SSSR count). The zero-order valence-electron chi connectivity index (χ0n) is 19.4. The highest BCUT2D eigenvalue weighted by molar-refractivity contribution is 7.89. The van der Waals surface area contributed by atoms with E-state index in [-0.39, 0.29) is 42.6 Å². The number of piperazine rings is 1. The summed E-state index contributed by atoms with van der Waals surface area (Å²) in [6, 6.07) is 17.5. The molecule has 9 heteroatoms. The minimum Gasteiger partial charge on any atom is -0.340 e. The molecule has 2 amide bonds. The van der Waals surface area contributed by atoms with Crippen LogP contribution in [0.2, 0.25) is 0 Å². The fourth-order valence-electron chi connectivity index (χ4n) is 3.92. The Bertz CT molecular complexity index is 1120. The third-order valence-corrected chi connectivity index (χ3v) is 7.74. The van der Waals surface area contributed by atoms with Gasteiger partial charge in [-0.1, -0.05) is 37.3 Å². The first-order valence-electron chi connectivity index (χ1n) is 11.4. The Hall–Kier alpha value is -3.22. The molecule has 1 aliphatic heterocycles. The fourth-order valence-corrected chi connectivity index (χ4v) is 5.36. The second-order valence-corrected chi connectivity index (χ2v) is 10.2. The first kappa shape index (κ1) is 25.4. The Morgan fingerprint density at radius 1 is 0.971 bits per heavy atom. The van der Waals surface area contributed by atoms with Crippen molar-refractivity contribution in [2.75, 3.05) is 32.7 Å². The van der Waals surface area contributed by atoms with Crippen molar-refractivity contribution in [3.63, 3.8) is 0 Å². The molecule has 0 unspecified atom stereocenters. The maximum atomic E-state index is 12.8. The molecule has 2 aromatic carbocycles. The van der Waals surface area contributed by atoms with Crippen LogP contribution in [0.1, 0.15) is 37.3 Å². The summed E-state index contributed by atoms with van der Waals surface area (Å²) >= 11 is 0. The van der Waals surface area contributed by atoms with Gasteiger partial charge in [0, 0.05) is 52.1 Å². The fraction of sp³-hybridized carbons (Fsp3) is 0.400. The Kier molecular flexibility index (Phi) is 8.79. The van der Waals surface area contributed by atoms with Gasteiger partial charge in [-0.05, 0) is 36.2 Å². The number of hydrogen-bond donors (Lipinski definition) is 0. The van der Waals surface area contributed by atoms with Crippen LogP contribution >= 0.6 is 0 Å². The second kappa shape index (κ2) is 11.8. The molecule has 1 fully saturated rings. The first-order chi connectivity index (χ1) is 16.3. The largest absolute Gasteiger partial charge is 0.340 e. The number of amides is 2. The average Bonchev–Trinajstić information content (AvgIpc) is 2.87. The molecule has 1 saturated heterocycles. The molecule has 0 aromatic heterocycles. The number of rotatable bonds is 9. The molecule has 1 heterocycles. The topological polar surface area (TPSA) is 102 Å². The van der Waals surface area contributed by atoms with Crippen LogP contribution in [-0.2, 0) is 26.2 Å². The number of sulfonamides is 1. The molecule has 34 heavy (non-hydrogen) atoms. The van der Waals surface area contributed by atoms with E-state index in [0.717, 1.165) is 12.0 Å². The monoisotopic (exact) mass is 482 g/mol. The van der Waals surface area contributed by atoms with E-state index >= 15 is 0 Å². The van der Waals surface area contributed by atoms with E-state index in [0.29, 0.717) is 31.7 Å². The summed E-state index contributed by atoms with van der Waals surface area (Å²) in [4.78, 5) is 29.1. The number of hydrogen-bond acceptors (Lipinski definition) is 5. The SMILES string of the molecule is CCCN(Cc1ccc(C#N)cc1)C(=O)CCC(=O)N1CCN(S(=O)(=O)c2ccccc2)CC1. The van der Waals surface area contributed by atoms with E-state index in [4.69, 9.17) is 5.26 Å². The van der Waals surface area contributed by atoms with Crippen LogP contribution in [-0.4, -0.2) is 67.1 Å². The molecule has 8 nitrogen and oxygen atoms in total. The first-order valence-corrected chi connectivity index (χ1v) is 12.9. The number of carbonyl (C=O) groups excluding carboxylic acids is 2. The molecule has 0 atom stereocenters. The van der Waals surface area contributed by atoms with E-state index < -0.39 is 10.0 Å². The Morgan fingerprint density at radius 3 is 2.21 bits per heavy atom. The van der Waals surface area contributed by atoms with Gasteiger partial charge in [-0.2, -0.15) is 9.57 Å². The minimum absolute atomic E-state index is 0.0927. The third-order valence-electron chi connectivity index (χ3n) is 5.83. The van der Waals surface area contributed by atoms with Crippen LogP contribution in [0, 0.1) is 11.3 Å². The van der Waals surface area contributed by atoms with Crippen LogP contribution in [0.15, 0.2) is 59.5 Å². The highest BCUT2D eigenvalue weighted by atomic mass is 32.2. The molecule has 1 aliphatic rings. The van der Waals surface area contributed by atoms with Gasteiger partial charge >= 0.3 is 0 Å². The molecule has 0 N–H and O–H groups in total. The number of carbonyl (C=O) groups is 2. The van der Waals surface area contributed by atoms with Crippen LogP contribution in [0.25, 0.3) is 0 Å². The van der Waals surface area contributed by atoms with Crippen molar-refractivity contribution in [3.8, 4) is 6.07 Å². The van der Waals surface area contributed by atoms with Crippen LogP contribution in [0.4, 0.5) is 0 Å². The summed E-state index contributed by atoms with van der Waals surface area (Å²) < 4.78 is 26.9. The molecule has 0 aliphatic carbocycles. The normalized spacial score (nSPS) is 14.4. The predicted molar refractivity (Wildman–Crippen MR) is 128 cm³/mol. The van der Waals surface area contributed by atoms with Crippen molar-refractivity contribution in [3.05, 3.63) is 65.7 Å². The summed E-state index contributed by atoms with van der Waals surface area (Å²) in [5, 5.41) is 8.94. The number of benzene rings is 2. The van der Waals surface area contributed by atoms with Crippen molar-refractivity contribution < 1.29 is 18.0 Å². The van der Waals surface area contributed by atoms with Crippen molar-refractivity contribution in [1.29, 1.82) is 5.26 Å². The lowest BCUT2D eigenvalue weighted by molar-refractivity contribution is -0.138. The second-order valence-electron chi connectivity index (χ2n) is 8.22. The Labute approximate surface area is 201 Å². The van der Waals surface area contributed by atoms with Crippen molar-refractivity contribution >= 4 is 21.8 Å². The highest BCUT2D eigenvalue weighted by Crippen LogP contribution is 2.18. The van der Waals surface area contributed by atoms with Crippen molar-refractivity contribution in [2.24, 2.45) is 0 Å². The van der Waals surface area contributed by atoms with E-state index in [9.17, 15) is 18.0 Å². The third kappa shape index (κ3) is 6.43. The lowest BCUT2D eigenvalue weighted by atomic mass is 10.1. The summed E-state index contributed by atoms with van der Waals surface area (Å²) in [6.07, 6.45) is 1.00. The number of nitriles is 1. The minimum atomic E-state index is -3.57. The zero-order chi connectivity index (χ0) is 24.6. The molecule has 180 valence electrons. The molecule has 0 spiro atoms. The van der Waals surface area contributed by atoms with E-state index in [2.05, 4.69) is 6.07 Å². The maximum absolute atomic E-state index is 12.8. The molecule has 0 bridgehead atoms. The highest BCUT2D eigenvalue weighted by Gasteiger charge is 2.30. The molecular weight excluding hydrogens is 452 g/mol. The smallest absolute Gasteiger partial charge is 0.243 e. The van der Waals surface area contributed by atoms with Crippen molar-refractivity contribution in [2.45, 2.75) is 37.6 Å². The number of nitrogens with zero attached hydrogens (tertiary/aromatic N) is 4. The van der Waals surface area contributed by atoms with E-state index in [1.165, 1.54) is 4.31 Å². The van der Waals surface area contributed by atoms with E-state index in [1.54, 1.807) is 52.3 Å². The molecule has 2 aromatic rings. The molecule has 0 saturated carbocycles. The van der Waals surface area contributed by atoms with E-state index in [1.807, 2.05) is 19.1 Å². The lowest BCUT2D eigenvalue weighted by Gasteiger charge is -2.34.